The van der Waals surface area contributed by atoms with Crippen LogP contribution in [-0.4, -0.2) is 40.4 Å². The van der Waals surface area contributed by atoms with E-state index in [1.165, 1.54) is 6.33 Å². The highest BCUT2D eigenvalue weighted by molar-refractivity contribution is 5.91. The molecule has 0 radical (unpaired) electrons. The van der Waals surface area contributed by atoms with Gasteiger partial charge in [0.2, 0.25) is 0 Å². The lowest BCUT2D eigenvalue weighted by Gasteiger charge is -2.08. The first-order valence-corrected chi connectivity index (χ1v) is 8.17. The van der Waals surface area contributed by atoms with Gasteiger partial charge in [0.1, 0.15) is 18.4 Å². The molecule has 0 fully saturated rings. The van der Waals surface area contributed by atoms with Crippen LogP contribution in [0.1, 0.15) is 15.9 Å². The van der Waals surface area contributed by atoms with Gasteiger partial charge < -0.3 is 14.8 Å². The van der Waals surface area contributed by atoms with Crippen LogP contribution in [0, 0.1) is 0 Å². The molecule has 0 atom stereocenters. The molecule has 1 heterocycles. The molecule has 8 heteroatoms. The lowest BCUT2D eigenvalue weighted by molar-refractivity contribution is -0.124. The van der Waals surface area contributed by atoms with Gasteiger partial charge in [0.05, 0.1) is 18.4 Å². The Bertz CT molecular complexity index is 890. The van der Waals surface area contributed by atoms with Gasteiger partial charge in [-0.1, -0.05) is 12.1 Å². The Balaban J connectivity index is 1.45. The van der Waals surface area contributed by atoms with Crippen molar-refractivity contribution >= 4 is 11.9 Å². The first kappa shape index (κ1) is 18.1. The molecule has 0 unspecified atom stereocenters. The van der Waals surface area contributed by atoms with Gasteiger partial charge >= 0.3 is 5.97 Å². The van der Waals surface area contributed by atoms with Gasteiger partial charge in [-0.25, -0.2) is 14.5 Å². The average Bonchev–Trinajstić information content (AvgIpc) is 3.26. The van der Waals surface area contributed by atoms with E-state index in [2.05, 4.69) is 15.4 Å². The van der Waals surface area contributed by atoms with Crippen LogP contribution in [0.15, 0.2) is 61.2 Å². The Morgan fingerprint density at radius 1 is 1.07 bits per heavy atom. The standard InChI is InChI=1S/C19H18N4O4/c1-26-17-8-2-14(3-9-17)10-21-18(24)11-27-19(25)15-4-6-16(7-5-15)23-13-20-12-22-23/h2-9,12-13H,10-11H2,1H3,(H,21,24). The first-order chi connectivity index (χ1) is 13.2. The Kier molecular flexibility index (Phi) is 5.78. The number of benzene rings is 2. The molecule has 0 aliphatic heterocycles. The number of rotatable bonds is 7. The number of ether oxygens (including phenoxy) is 2. The van der Waals surface area contributed by atoms with Crippen LogP contribution < -0.4 is 10.1 Å². The zero-order valence-corrected chi connectivity index (χ0v) is 14.7. The van der Waals surface area contributed by atoms with Crippen molar-refractivity contribution in [1.29, 1.82) is 0 Å². The van der Waals surface area contributed by atoms with Crippen LogP contribution in [0.4, 0.5) is 0 Å². The summed E-state index contributed by atoms with van der Waals surface area (Å²) in [6, 6.07) is 14.0. The third kappa shape index (κ3) is 4.91. The van der Waals surface area contributed by atoms with Gasteiger partial charge in [-0.15, -0.1) is 0 Å². The molecule has 0 saturated heterocycles. The summed E-state index contributed by atoms with van der Waals surface area (Å²) in [5.74, 6) is -0.202. The molecule has 1 aromatic heterocycles. The highest BCUT2D eigenvalue weighted by Gasteiger charge is 2.10. The first-order valence-electron chi connectivity index (χ1n) is 8.17. The topological polar surface area (TPSA) is 95.3 Å². The Morgan fingerprint density at radius 3 is 2.44 bits per heavy atom. The number of methoxy groups -OCH3 is 1. The SMILES string of the molecule is COc1ccc(CNC(=O)COC(=O)c2ccc(-n3cncn3)cc2)cc1. The van der Waals surface area contributed by atoms with Crippen LogP contribution in [0.25, 0.3) is 5.69 Å². The summed E-state index contributed by atoms with van der Waals surface area (Å²) in [6.45, 7) is -0.00715. The Hall–Kier alpha value is -3.68. The van der Waals surface area contributed by atoms with E-state index in [4.69, 9.17) is 9.47 Å². The number of nitrogens with one attached hydrogen (secondary N) is 1. The molecule has 3 aromatic rings. The summed E-state index contributed by atoms with van der Waals surface area (Å²) in [5, 5.41) is 6.70. The highest BCUT2D eigenvalue weighted by Crippen LogP contribution is 2.11. The molecule has 1 amide bonds. The van der Waals surface area contributed by atoms with Gasteiger partial charge in [0, 0.05) is 6.54 Å². The second-order valence-corrected chi connectivity index (χ2v) is 5.59. The van der Waals surface area contributed by atoms with Crippen molar-refractivity contribution in [1.82, 2.24) is 20.1 Å². The number of nitrogens with zero attached hydrogens (tertiary/aromatic N) is 3. The largest absolute Gasteiger partial charge is 0.497 e. The minimum absolute atomic E-state index is 0.340. The molecule has 0 spiro atoms. The molecule has 0 aliphatic rings. The smallest absolute Gasteiger partial charge is 0.338 e. The number of carbonyl (C=O) groups excluding carboxylic acids is 2. The van der Waals surface area contributed by atoms with E-state index in [1.54, 1.807) is 42.4 Å². The Labute approximate surface area is 155 Å². The highest BCUT2D eigenvalue weighted by atomic mass is 16.5. The predicted molar refractivity (Wildman–Crippen MR) is 96.5 cm³/mol. The van der Waals surface area contributed by atoms with Crippen LogP contribution in [-0.2, 0) is 16.1 Å². The van der Waals surface area contributed by atoms with E-state index in [1.807, 2.05) is 24.3 Å². The number of carbonyl (C=O) groups is 2. The van der Waals surface area contributed by atoms with E-state index in [-0.39, 0.29) is 12.5 Å². The van der Waals surface area contributed by atoms with Gasteiger partial charge in [0.15, 0.2) is 6.61 Å². The number of amides is 1. The van der Waals surface area contributed by atoms with E-state index >= 15 is 0 Å². The van der Waals surface area contributed by atoms with Crippen molar-refractivity contribution in [2.45, 2.75) is 6.54 Å². The maximum atomic E-state index is 12.0. The second kappa shape index (κ2) is 8.61. The molecule has 0 aliphatic carbocycles. The fourth-order valence-corrected chi connectivity index (χ4v) is 2.30. The normalized spacial score (nSPS) is 10.3. The summed E-state index contributed by atoms with van der Waals surface area (Å²) in [7, 11) is 1.59. The second-order valence-electron chi connectivity index (χ2n) is 5.59. The Morgan fingerprint density at radius 2 is 1.81 bits per heavy atom. The molecular formula is C19H18N4O4. The quantitative estimate of drug-likeness (QED) is 0.640. The summed E-state index contributed by atoms with van der Waals surface area (Å²) in [4.78, 5) is 27.8. The number of hydrogen-bond donors (Lipinski definition) is 1. The summed E-state index contributed by atoms with van der Waals surface area (Å²) < 4.78 is 11.7. The van der Waals surface area contributed by atoms with Crippen molar-refractivity contribution in [2.24, 2.45) is 0 Å². The van der Waals surface area contributed by atoms with Crippen LogP contribution in [0.3, 0.4) is 0 Å². The molecular weight excluding hydrogens is 348 g/mol. The van der Waals surface area contributed by atoms with E-state index in [9.17, 15) is 9.59 Å². The molecule has 2 aromatic carbocycles. The molecule has 3 rings (SSSR count). The number of hydrogen-bond acceptors (Lipinski definition) is 6. The third-order valence-corrected chi connectivity index (χ3v) is 3.77. The van der Waals surface area contributed by atoms with E-state index < -0.39 is 5.97 Å². The van der Waals surface area contributed by atoms with Crippen molar-refractivity contribution in [3.63, 3.8) is 0 Å². The van der Waals surface area contributed by atoms with Crippen molar-refractivity contribution < 1.29 is 19.1 Å². The molecule has 0 saturated carbocycles. The van der Waals surface area contributed by atoms with Crippen molar-refractivity contribution in [3.8, 4) is 11.4 Å². The maximum Gasteiger partial charge on any atom is 0.338 e. The fraction of sp³-hybridized carbons (Fsp3) is 0.158. The molecule has 8 nitrogen and oxygen atoms in total. The zero-order chi connectivity index (χ0) is 19.1. The summed E-state index contributed by atoms with van der Waals surface area (Å²) in [6.07, 6.45) is 2.98. The molecule has 1 N–H and O–H groups in total. The minimum atomic E-state index is -0.570. The van der Waals surface area contributed by atoms with Gasteiger partial charge in [-0.05, 0) is 42.0 Å². The zero-order valence-electron chi connectivity index (χ0n) is 14.7. The molecule has 138 valence electrons. The third-order valence-electron chi connectivity index (χ3n) is 3.77. The van der Waals surface area contributed by atoms with Gasteiger partial charge in [-0.2, -0.15) is 5.10 Å². The van der Waals surface area contributed by atoms with E-state index in [0.717, 1.165) is 17.0 Å². The summed E-state index contributed by atoms with van der Waals surface area (Å²) in [5.41, 5.74) is 2.03. The minimum Gasteiger partial charge on any atom is -0.497 e. The maximum absolute atomic E-state index is 12.0. The molecule has 27 heavy (non-hydrogen) atoms. The predicted octanol–water partition coefficient (Wildman–Crippen LogP) is 1.75. The number of aromatic nitrogens is 3. The number of esters is 1. The monoisotopic (exact) mass is 366 g/mol. The van der Waals surface area contributed by atoms with Crippen molar-refractivity contribution in [2.75, 3.05) is 13.7 Å². The molecule has 0 bridgehead atoms. The average molecular weight is 366 g/mol. The lowest BCUT2D eigenvalue weighted by atomic mass is 10.2. The van der Waals surface area contributed by atoms with Crippen LogP contribution >= 0.6 is 0 Å². The van der Waals surface area contributed by atoms with Gasteiger partial charge in [0.25, 0.3) is 5.91 Å². The van der Waals surface area contributed by atoms with Crippen LogP contribution in [0.5, 0.6) is 5.75 Å². The lowest BCUT2D eigenvalue weighted by Crippen LogP contribution is -2.28. The van der Waals surface area contributed by atoms with Crippen molar-refractivity contribution in [3.05, 3.63) is 72.3 Å². The van der Waals surface area contributed by atoms with Crippen LogP contribution in [0.2, 0.25) is 0 Å². The van der Waals surface area contributed by atoms with Gasteiger partial charge in [-0.3, -0.25) is 4.79 Å². The fourth-order valence-electron chi connectivity index (χ4n) is 2.30. The summed E-state index contributed by atoms with van der Waals surface area (Å²) >= 11 is 0. The van der Waals surface area contributed by atoms with E-state index in [0.29, 0.717) is 12.1 Å².